The maximum Gasteiger partial charge on any atom is 0.182 e. The number of anilines is 3. The van der Waals surface area contributed by atoms with Crippen molar-refractivity contribution >= 4 is 39.0 Å². The van der Waals surface area contributed by atoms with Gasteiger partial charge in [-0.2, -0.15) is 0 Å². The van der Waals surface area contributed by atoms with Gasteiger partial charge in [0, 0.05) is 28.5 Å². The Morgan fingerprint density at radius 2 is 0.911 bits per heavy atom. The van der Waals surface area contributed by atoms with Crippen LogP contribution in [0.3, 0.4) is 0 Å². The smallest absolute Gasteiger partial charge is 0.182 e. The van der Waals surface area contributed by atoms with Crippen molar-refractivity contribution in [2.24, 2.45) is 0 Å². The molecule has 0 fully saturated rings. The van der Waals surface area contributed by atoms with Crippen LogP contribution in [0.1, 0.15) is 0 Å². The zero-order valence-corrected chi connectivity index (χ0v) is 30.2. The number of rotatable bonds is 8. The van der Waals surface area contributed by atoms with E-state index >= 15 is 0 Å². The summed E-state index contributed by atoms with van der Waals surface area (Å²) in [5.74, 6) is 1.55. The van der Waals surface area contributed by atoms with Gasteiger partial charge in [0.25, 0.3) is 0 Å². The molecule has 6 nitrogen and oxygen atoms in total. The van der Waals surface area contributed by atoms with Crippen molar-refractivity contribution in [2.75, 3.05) is 4.90 Å². The molecule has 7 aromatic carbocycles. The lowest BCUT2D eigenvalue weighted by molar-refractivity contribution is 0.669. The number of aromatic nitrogens is 4. The van der Waals surface area contributed by atoms with Crippen LogP contribution < -0.4 is 4.90 Å². The third-order valence-corrected chi connectivity index (χ3v) is 10.0. The topological polar surface area (TPSA) is 67.9 Å². The van der Waals surface area contributed by atoms with E-state index in [1.165, 1.54) is 11.1 Å². The fourth-order valence-electron chi connectivity index (χ4n) is 7.29. The van der Waals surface area contributed by atoms with Crippen LogP contribution in [0.2, 0.25) is 0 Å². The molecule has 0 aliphatic carbocycles. The highest BCUT2D eigenvalue weighted by molar-refractivity contribution is 6.16. The Kier molecular flexibility index (Phi) is 8.39. The summed E-state index contributed by atoms with van der Waals surface area (Å²) in [5, 5.41) is 1.95. The minimum Gasteiger partial charge on any atom is -0.455 e. The van der Waals surface area contributed by atoms with Crippen LogP contribution in [0.4, 0.5) is 17.1 Å². The highest BCUT2D eigenvalue weighted by Gasteiger charge is 2.24. The van der Waals surface area contributed by atoms with Gasteiger partial charge in [0.15, 0.2) is 17.5 Å². The summed E-state index contributed by atoms with van der Waals surface area (Å²) < 4.78 is 6.80. The standard InChI is InChI=1S/C50H33N5O/c1-4-14-34(15-5-1)36-23-27-39(28-24-36)55(40-29-25-37(26-30-40)35-16-6-2-7-17-35)44-32-31-42(47-46(44)41-20-10-11-22-45(41)56-47)49-52-48(38-18-8-3-9-19-38)53-50(54-49)43-21-12-13-33-51-43/h1-33H. The molecule has 0 aliphatic rings. The molecule has 3 heterocycles. The fraction of sp³-hybridized carbons (Fsp3) is 0. The monoisotopic (exact) mass is 719 g/mol. The number of furan rings is 1. The van der Waals surface area contributed by atoms with Crippen LogP contribution in [0.5, 0.6) is 0 Å². The van der Waals surface area contributed by atoms with Crippen molar-refractivity contribution in [2.45, 2.75) is 0 Å². The number of pyridine rings is 1. The molecule has 0 spiro atoms. The second kappa shape index (κ2) is 14.3. The second-order valence-electron chi connectivity index (χ2n) is 13.5. The average molecular weight is 720 g/mol. The van der Waals surface area contributed by atoms with E-state index in [1.807, 2.05) is 72.8 Å². The van der Waals surface area contributed by atoms with Gasteiger partial charge < -0.3 is 9.32 Å². The van der Waals surface area contributed by atoms with Crippen molar-refractivity contribution in [3.05, 3.63) is 200 Å². The molecule has 0 saturated carbocycles. The Bertz CT molecular complexity index is 2790. The molecule has 56 heavy (non-hydrogen) atoms. The van der Waals surface area contributed by atoms with E-state index in [2.05, 4.69) is 131 Å². The Morgan fingerprint density at radius 1 is 0.393 bits per heavy atom. The van der Waals surface area contributed by atoms with E-state index in [0.717, 1.165) is 55.7 Å². The van der Waals surface area contributed by atoms with E-state index in [-0.39, 0.29) is 0 Å². The summed E-state index contributed by atoms with van der Waals surface area (Å²) in [7, 11) is 0. The van der Waals surface area contributed by atoms with Crippen LogP contribution in [0.15, 0.2) is 205 Å². The Labute approximate surface area is 324 Å². The minimum atomic E-state index is 0.487. The van der Waals surface area contributed by atoms with E-state index in [4.69, 9.17) is 19.4 Å². The first kappa shape index (κ1) is 32.9. The summed E-state index contributed by atoms with van der Waals surface area (Å²) >= 11 is 0. The normalized spacial score (nSPS) is 11.2. The Balaban J connectivity index is 1.19. The quantitative estimate of drug-likeness (QED) is 0.156. The zero-order valence-electron chi connectivity index (χ0n) is 30.2. The molecule has 0 bridgehead atoms. The number of hydrogen-bond donors (Lipinski definition) is 0. The van der Waals surface area contributed by atoms with Crippen molar-refractivity contribution in [3.63, 3.8) is 0 Å². The zero-order chi connectivity index (χ0) is 37.3. The SMILES string of the molecule is c1ccc(-c2ccc(N(c3ccc(-c4ccccc4)cc3)c3ccc(-c4nc(-c5ccccc5)nc(-c5ccccn5)n4)c4oc5ccccc5c34)cc2)cc1. The Hall–Kier alpha value is -7.70. The molecule has 0 aliphatic heterocycles. The maximum atomic E-state index is 6.80. The second-order valence-corrected chi connectivity index (χ2v) is 13.5. The molecular weight excluding hydrogens is 687 g/mol. The molecule has 6 heteroatoms. The van der Waals surface area contributed by atoms with Gasteiger partial charge >= 0.3 is 0 Å². The molecule has 0 amide bonds. The Morgan fingerprint density at radius 3 is 1.52 bits per heavy atom. The molecule has 0 N–H and O–H groups in total. The van der Waals surface area contributed by atoms with Gasteiger partial charge in [-0.15, -0.1) is 0 Å². The summed E-state index contributed by atoms with van der Waals surface area (Å²) in [5.41, 5.74) is 11.4. The molecule has 10 rings (SSSR count). The molecule has 0 unspecified atom stereocenters. The lowest BCUT2D eigenvalue weighted by Crippen LogP contribution is -2.10. The van der Waals surface area contributed by atoms with Gasteiger partial charge in [0.1, 0.15) is 16.9 Å². The lowest BCUT2D eigenvalue weighted by atomic mass is 10.0. The first-order chi connectivity index (χ1) is 27.8. The lowest BCUT2D eigenvalue weighted by Gasteiger charge is -2.27. The van der Waals surface area contributed by atoms with Gasteiger partial charge in [-0.25, -0.2) is 15.0 Å². The molecule has 264 valence electrons. The van der Waals surface area contributed by atoms with Crippen molar-refractivity contribution in [1.82, 2.24) is 19.9 Å². The van der Waals surface area contributed by atoms with Crippen LogP contribution in [0.25, 0.3) is 78.5 Å². The van der Waals surface area contributed by atoms with Crippen LogP contribution in [-0.4, -0.2) is 19.9 Å². The van der Waals surface area contributed by atoms with Crippen molar-refractivity contribution in [1.29, 1.82) is 0 Å². The number of fused-ring (bicyclic) bond motifs is 3. The molecule has 0 atom stereocenters. The van der Waals surface area contributed by atoms with Gasteiger partial charge in [-0.1, -0.05) is 140 Å². The summed E-state index contributed by atoms with van der Waals surface area (Å²) in [6.45, 7) is 0. The highest BCUT2D eigenvalue weighted by Crippen LogP contribution is 2.46. The van der Waals surface area contributed by atoms with E-state index in [0.29, 0.717) is 28.8 Å². The summed E-state index contributed by atoms with van der Waals surface area (Å²) in [6, 6.07) is 66.5. The molecule has 0 saturated heterocycles. The van der Waals surface area contributed by atoms with Crippen molar-refractivity contribution < 1.29 is 4.42 Å². The predicted molar refractivity (Wildman–Crippen MR) is 227 cm³/mol. The van der Waals surface area contributed by atoms with Crippen LogP contribution in [-0.2, 0) is 0 Å². The molecular formula is C50H33N5O. The number of benzene rings is 7. The van der Waals surface area contributed by atoms with Gasteiger partial charge in [-0.3, -0.25) is 4.98 Å². The van der Waals surface area contributed by atoms with Gasteiger partial charge in [0.2, 0.25) is 0 Å². The number of para-hydroxylation sites is 1. The third kappa shape index (κ3) is 6.15. The summed E-state index contributed by atoms with van der Waals surface area (Å²) in [6.07, 6.45) is 1.75. The van der Waals surface area contributed by atoms with E-state index < -0.39 is 0 Å². The first-order valence-corrected chi connectivity index (χ1v) is 18.6. The summed E-state index contributed by atoms with van der Waals surface area (Å²) in [4.78, 5) is 21.9. The van der Waals surface area contributed by atoms with Crippen LogP contribution in [0, 0.1) is 0 Å². The first-order valence-electron chi connectivity index (χ1n) is 18.6. The predicted octanol–water partition coefficient (Wildman–Crippen LogP) is 13.0. The van der Waals surface area contributed by atoms with E-state index in [1.54, 1.807) is 6.20 Å². The average Bonchev–Trinajstić information content (AvgIpc) is 3.68. The maximum absolute atomic E-state index is 6.80. The minimum absolute atomic E-state index is 0.487. The van der Waals surface area contributed by atoms with E-state index in [9.17, 15) is 0 Å². The van der Waals surface area contributed by atoms with Gasteiger partial charge in [0.05, 0.1) is 16.6 Å². The highest BCUT2D eigenvalue weighted by atomic mass is 16.3. The third-order valence-electron chi connectivity index (χ3n) is 10.0. The largest absolute Gasteiger partial charge is 0.455 e. The fourth-order valence-corrected chi connectivity index (χ4v) is 7.29. The van der Waals surface area contributed by atoms with Crippen molar-refractivity contribution in [3.8, 4) is 56.5 Å². The van der Waals surface area contributed by atoms with Crippen LogP contribution >= 0.6 is 0 Å². The molecule has 3 aromatic heterocycles. The molecule has 0 radical (unpaired) electrons. The molecule has 10 aromatic rings. The number of hydrogen-bond acceptors (Lipinski definition) is 6. The van der Waals surface area contributed by atoms with Gasteiger partial charge in [-0.05, 0) is 76.9 Å². The number of nitrogens with zero attached hydrogens (tertiary/aromatic N) is 5.